The normalized spacial score (nSPS) is 11.4. The summed E-state index contributed by atoms with van der Waals surface area (Å²) in [7, 11) is 2.69. The molecule has 0 bridgehead atoms. The molecule has 0 N–H and O–H groups in total. The molecule has 0 fully saturated rings. The second kappa shape index (κ2) is 6.78. The topological polar surface area (TPSA) is 25.4 Å². The Bertz CT molecular complexity index is 358. The van der Waals surface area contributed by atoms with E-state index in [0.717, 1.165) is 11.6 Å². The van der Waals surface area contributed by atoms with Crippen LogP contribution in [0.1, 0.15) is 20.8 Å². The van der Waals surface area contributed by atoms with Crippen molar-refractivity contribution in [2.45, 2.75) is 38.9 Å². The zero-order valence-electron chi connectivity index (χ0n) is 12.4. The highest BCUT2D eigenvalue weighted by Gasteiger charge is 2.28. The lowest BCUT2D eigenvalue weighted by Crippen LogP contribution is -2.44. The Morgan fingerprint density at radius 1 is 1.22 bits per heavy atom. The smallest absolute Gasteiger partial charge is 0.131 e. The van der Waals surface area contributed by atoms with E-state index in [1.165, 1.54) is 24.3 Å². The van der Waals surface area contributed by atoms with Crippen LogP contribution in [-0.2, 0) is 0 Å². The highest BCUT2D eigenvalue weighted by atomic mass is 28.3. The molecule has 0 spiro atoms. The van der Waals surface area contributed by atoms with Gasteiger partial charge in [-0.25, -0.2) is 4.98 Å². The third-order valence-electron chi connectivity index (χ3n) is 4.17. The molecule has 1 rings (SSSR count). The number of hydrogen-bond acceptors (Lipinski definition) is 3. The lowest BCUT2D eigenvalue weighted by molar-refractivity contribution is 0.414. The van der Waals surface area contributed by atoms with Crippen molar-refractivity contribution < 1.29 is 4.74 Å². The molecule has 0 aromatic carbocycles. The number of nitrogens with zero attached hydrogens (tertiary/aromatic N) is 2. The molecule has 0 amide bonds. The van der Waals surface area contributed by atoms with Gasteiger partial charge in [0.25, 0.3) is 0 Å². The highest BCUT2D eigenvalue weighted by molar-refractivity contribution is 6.80. The van der Waals surface area contributed by atoms with Gasteiger partial charge in [0, 0.05) is 25.5 Å². The Labute approximate surface area is 112 Å². The van der Waals surface area contributed by atoms with Gasteiger partial charge < -0.3 is 9.64 Å². The number of pyridine rings is 1. The summed E-state index contributed by atoms with van der Waals surface area (Å²) in [6.45, 7) is 7.02. The summed E-state index contributed by atoms with van der Waals surface area (Å²) in [4.78, 5) is 6.74. The zero-order chi connectivity index (χ0) is 13.6. The molecule has 4 heteroatoms. The molecule has 1 aromatic rings. The quantitative estimate of drug-likeness (QED) is 0.705. The maximum atomic E-state index is 5.26. The van der Waals surface area contributed by atoms with E-state index in [1.807, 2.05) is 18.3 Å². The average Bonchev–Trinajstić information content (AvgIpc) is 2.44. The lowest BCUT2D eigenvalue weighted by atomic mass is 10.4. The fourth-order valence-corrected chi connectivity index (χ4v) is 5.74. The second-order valence-electron chi connectivity index (χ2n) is 4.97. The van der Waals surface area contributed by atoms with E-state index in [2.05, 4.69) is 37.7 Å². The van der Waals surface area contributed by atoms with E-state index >= 15 is 0 Å². The van der Waals surface area contributed by atoms with E-state index in [1.54, 1.807) is 7.11 Å². The molecule has 0 atom stereocenters. The largest absolute Gasteiger partial charge is 0.497 e. The summed E-state index contributed by atoms with van der Waals surface area (Å²) >= 11 is 0. The van der Waals surface area contributed by atoms with Crippen LogP contribution in [-0.4, -0.2) is 33.4 Å². The van der Waals surface area contributed by atoms with Gasteiger partial charge in [-0.05, 0) is 6.07 Å². The number of anilines is 1. The van der Waals surface area contributed by atoms with Gasteiger partial charge in [0.15, 0.2) is 0 Å². The first-order valence-electron chi connectivity index (χ1n) is 6.82. The van der Waals surface area contributed by atoms with Crippen LogP contribution >= 0.6 is 0 Å². The SMILES string of the molecule is CC[Si](CC)(CC)CN(C)c1cc(OC)ccn1. The van der Waals surface area contributed by atoms with Crippen LogP contribution in [0.4, 0.5) is 5.82 Å². The van der Waals surface area contributed by atoms with Crippen molar-refractivity contribution >= 4 is 13.9 Å². The number of aromatic nitrogens is 1. The zero-order valence-corrected chi connectivity index (χ0v) is 13.4. The Kier molecular flexibility index (Phi) is 5.66. The second-order valence-corrected chi connectivity index (χ2v) is 10.4. The number of methoxy groups -OCH3 is 1. The van der Waals surface area contributed by atoms with Crippen LogP contribution in [0, 0.1) is 0 Å². The monoisotopic (exact) mass is 266 g/mol. The van der Waals surface area contributed by atoms with Crippen LogP contribution < -0.4 is 9.64 Å². The molecule has 0 aliphatic rings. The van der Waals surface area contributed by atoms with Gasteiger partial charge in [-0.2, -0.15) is 0 Å². The van der Waals surface area contributed by atoms with E-state index in [-0.39, 0.29) is 0 Å². The van der Waals surface area contributed by atoms with Crippen LogP contribution in [0.15, 0.2) is 18.3 Å². The molecule has 102 valence electrons. The molecular weight excluding hydrogens is 240 g/mol. The lowest BCUT2D eigenvalue weighted by Gasteiger charge is -2.33. The molecule has 0 aliphatic heterocycles. The van der Waals surface area contributed by atoms with E-state index < -0.39 is 8.07 Å². The minimum absolute atomic E-state index is 0.878. The first kappa shape index (κ1) is 15.0. The Hall–Kier alpha value is -1.03. The molecule has 0 radical (unpaired) electrons. The van der Waals surface area contributed by atoms with E-state index in [9.17, 15) is 0 Å². The van der Waals surface area contributed by atoms with Crippen molar-refractivity contribution in [1.82, 2.24) is 4.98 Å². The van der Waals surface area contributed by atoms with Crippen molar-refractivity contribution in [2.24, 2.45) is 0 Å². The molecule has 1 heterocycles. The van der Waals surface area contributed by atoms with Crippen LogP contribution in [0.3, 0.4) is 0 Å². The van der Waals surface area contributed by atoms with Crippen molar-refractivity contribution in [3.05, 3.63) is 18.3 Å². The predicted molar refractivity (Wildman–Crippen MR) is 81.3 cm³/mol. The Morgan fingerprint density at radius 2 is 1.83 bits per heavy atom. The summed E-state index contributed by atoms with van der Waals surface area (Å²) in [5.74, 6) is 1.89. The van der Waals surface area contributed by atoms with Crippen molar-refractivity contribution in [3.63, 3.8) is 0 Å². The fraction of sp³-hybridized carbons (Fsp3) is 0.643. The first-order valence-corrected chi connectivity index (χ1v) is 9.64. The molecule has 0 unspecified atom stereocenters. The highest BCUT2D eigenvalue weighted by Crippen LogP contribution is 2.24. The predicted octanol–water partition coefficient (Wildman–Crippen LogP) is 3.57. The summed E-state index contributed by atoms with van der Waals surface area (Å²) in [6, 6.07) is 7.93. The van der Waals surface area contributed by atoms with Gasteiger partial charge in [-0.1, -0.05) is 38.9 Å². The number of ether oxygens (including phenoxy) is 1. The third kappa shape index (κ3) is 3.48. The first-order chi connectivity index (χ1) is 8.60. The molecular formula is C14H26N2OSi. The maximum Gasteiger partial charge on any atom is 0.131 e. The van der Waals surface area contributed by atoms with Crippen molar-refractivity contribution in [2.75, 3.05) is 25.2 Å². The minimum Gasteiger partial charge on any atom is -0.497 e. The van der Waals surface area contributed by atoms with Crippen molar-refractivity contribution in [1.29, 1.82) is 0 Å². The third-order valence-corrected chi connectivity index (χ3v) is 9.81. The molecule has 1 aromatic heterocycles. The summed E-state index contributed by atoms with van der Waals surface area (Å²) < 4.78 is 5.26. The summed E-state index contributed by atoms with van der Waals surface area (Å²) in [5.41, 5.74) is 0. The van der Waals surface area contributed by atoms with Gasteiger partial charge in [0.1, 0.15) is 11.6 Å². The van der Waals surface area contributed by atoms with Gasteiger partial charge in [0.05, 0.1) is 15.2 Å². The molecule has 18 heavy (non-hydrogen) atoms. The van der Waals surface area contributed by atoms with Crippen LogP contribution in [0.5, 0.6) is 5.75 Å². The van der Waals surface area contributed by atoms with Gasteiger partial charge in [-0.3, -0.25) is 0 Å². The Morgan fingerprint density at radius 3 is 2.33 bits per heavy atom. The standard InChI is InChI=1S/C14H26N2OSi/c1-6-18(7-2,8-3)12-16(4)14-11-13(17-5)9-10-15-14/h9-11H,6-8,12H2,1-5H3. The van der Waals surface area contributed by atoms with E-state index in [0.29, 0.717) is 0 Å². The number of rotatable bonds is 7. The molecule has 0 saturated carbocycles. The van der Waals surface area contributed by atoms with Crippen molar-refractivity contribution in [3.8, 4) is 5.75 Å². The fourth-order valence-electron chi connectivity index (χ4n) is 2.40. The van der Waals surface area contributed by atoms with Gasteiger partial charge in [0.2, 0.25) is 0 Å². The maximum absolute atomic E-state index is 5.26. The molecule has 0 saturated heterocycles. The molecule has 0 aliphatic carbocycles. The van der Waals surface area contributed by atoms with Gasteiger partial charge >= 0.3 is 0 Å². The summed E-state index contributed by atoms with van der Waals surface area (Å²) in [5, 5.41) is 0. The summed E-state index contributed by atoms with van der Waals surface area (Å²) in [6.07, 6.45) is 2.99. The molecule has 3 nitrogen and oxygen atoms in total. The van der Waals surface area contributed by atoms with Gasteiger partial charge in [-0.15, -0.1) is 0 Å². The van der Waals surface area contributed by atoms with Crippen LogP contribution in [0.25, 0.3) is 0 Å². The average molecular weight is 266 g/mol. The Balaban J connectivity index is 2.83. The van der Waals surface area contributed by atoms with E-state index in [4.69, 9.17) is 4.74 Å². The van der Waals surface area contributed by atoms with Crippen LogP contribution in [0.2, 0.25) is 18.1 Å². The number of hydrogen-bond donors (Lipinski definition) is 0. The minimum atomic E-state index is -1.15.